The third-order valence-corrected chi connectivity index (χ3v) is 8.18. The van der Waals surface area contributed by atoms with Crippen LogP contribution in [-0.2, 0) is 16.4 Å². The van der Waals surface area contributed by atoms with Gasteiger partial charge in [-0.05, 0) is 52.5 Å². The summed E-state index contributed by atoms with van der Waals surface area (Å²) in [5.74, 6) is 1.84. The van der Waals surface area contributed by atoms with Gasteiger partial charge >= 0.3 is 0 Å². The fraction of sp³-hybridized carbons (Fsp3) is 0.667. The van der Waals surface area contributed by atoms with Gasteiger partial charge in [0.2, 0.25) is 0 Å². The highest BCUT2D eigenvalue weighted by Gasteiger charge is 2.41. The van der Waals surface area contributed by atoms with Crippen molar-refractivity contribution in [3.05, 3.63) is 29.8 Å². The normalized spacial score (nSPS) is 22.2. The number of rotatable bonds is 5. The van der Waals surface area contributed by atoms with E-state index in [4.69, 9.17) is 9.73 Å². The van der Waals surface area contributed by atoms with E-state index in [1.807, 2.05) is 25.1 Å². The zero-order valence-electron chi connectivity index (χ0n) is 17.3. The summed E-state index contributed by atoms with van der Waals surface area (Å²) in [6.45, 7) is 7.78. The minimum atomic E-state index is -3.07. The van der Waals surface area contributed by atoms with Crippen molar-refractivity contribution in [1.29, 1.82) is 0 Å². The molecule has 0 spiro atoms. The molecule has 6 nitrogen and oxygen atoms in total. The second kappa shape index (κ2) is 8.72. The molecule has 3 rings (SSSR count). The number of para-hydroxylation sites is 1. The van der Waals surface area contributed by atoms with Crippen molar-refractivity contribution in [3.8, 4) is 5.75 Å². The summed E-state index contributed by atoms with van der Waals surface area (Å²) >= 11 is 0. The van der Waals surface area contributed by atoms with Crippen LogP contribution in [0.1, 0.15) is 52.0 Å². The van der Waals surface area contributed by atoms with Gasteiger partial charge in [-0.1, -0.05) is 18.2 Å². The summed E-state index contributed by atoms with van der Waals surface area (Å²) in [4.78, 5) is 6.87. The molecule has 0 atom stereocenters. The molecule has 0 amide bonds. The molecule has 1 aromatic carbocycles. The molecule has 2 aliphatic rings. The first kappa shape index (κ1) is 21.0. The van der Waals surface area contributed by atoms with Gasteiger partial charge in [-0.3, -0.25) is 0 Å². The van der Waals surface area contributed by atoms with Crippen LogP contribution >= 0.6 is 0 Å². The van der Waals surface area contributed by atoms with Crippen molar-refractivity contribution in [3.63, 3.8) is 0 Å². The Morgan fingerprint density at radius 1 is 1.29 bits per heavy atom. The van der Waals surface area contributed by atoms with Crippen LogP contribution in [0, 0.1) is 0 Å². The van der Waals surface area contributed by atoms with Crippen LogP contribution in [0.2, 0.25) is 0 Å². The third kappa shape index (κ3) is 4.80. The van der Waals surface area contributed by atoms with Crippen LogP contribution in [0.4, 0.5) is 0 Å². The predicted octanol–water partition coefficient (Wildman–Crippen LogP) is 2.98. The largest absolute Gasteiger partial charge is 0.490 e. The standard InChI is InChI=1S/C21H33N3O3S/c1-4-22-20(24-13-14-28(25,26)21(2,3)16-24)23-15-17-9-5-8-12-19(17)27-18-10-6-7-11-18/h5,8-9,12,18H,4,6-7,10-11,13-16H2,1-3H3,(H,22,23). The first-order chi connectivity index (χ1) is 13.3. The van der Waals surface area contributed by atoms with Crippen LogP contribution in [0.3, 0.4) is 0 Å². The summed E-state index contributed by atoms with van der Waals surface area (Å²) in [5, 5.41) is 3.32. The molecule has 1 N–H and O–H groups in total. The maximum Gasteiger partial charge on any atom is 0.194 e. The van der Waals surface area contributed by atoms with Crippen LogP contribution < -0.4 is 10.1 Å². The summed E-state index contributed by atoms with van der Waals surface area (Å²) in [6.07, 6.45) is 5.04. The van der Waals surface area contributed by atoms with E-state index in [2.05, 4.69) is 16.3 Å². The average molecular weight is 408 g/mol. The van der Waals surface area contributed by atoms with Crippen LogP contribution in [-0.4, -0.2) is 55.5 Å². The van der Waals surface area contributed by atoms with Gasteiger partial charge in [0.15, 0.2) is 15.8 Å². The van der Waals surface area contributed by atoms with Gasteiger partial charge in [0.05, 0.1) is 23.1 Å². The second-order valence-corrected chi connectivity index (χ2v) is 11.0. The Kier molecular flexibility index (Phi) is 6.53. The SMILES string of the molecule is CCNC(=NCc1ccccc1OC1CCCC1)N1CCS(=O)(=O)C(C)(C)C1. The lowest BCUT2D eigenvalue weighted by molar-refractivity contribution is 0.208. The van der Waals surface area contributed by atoms with E-state index in [1.54, 1.807) is 13.8 Å². The molecule has 156 valence electrons. The Bertz CT molecular complexity index is 799. The minimum absolute atomic E-state index is 0.159. The molecule has 0 bridgehead atoms. The Hall–Kier alpha value is -1.76. The van der Waals surface area contributed by atoms with Gasteiger partial charge < -0.3 is 15.0 Å². The first-order valence-corrected chi connectivity index (χ1v) is 12.0. The molecule has 28 heavy (non-hydrogen) atoms. The molecule has 0 aromatic heterocycles. The number of aliphatic imine (C=N–C) groups is 1. The number of nitrogens with one attached hydrogen (secondary N) is 1. The highest BCUT2D eigenvalue weighted by Crippen LogP contribution is 2.27. The van der Waals surface area contributed by atoms with E-state index >= 15 is 0 Å². The smallest absolute Gasteiger partial charge is 0.194 e. The molecule has 1 saturated carbocycles. The number of benzene rings is 1. The first-order valence-electron chi connectivity index (χ1n) is 10.3. The van der Waals surface area contributed by atoms with Crippen molar-refractivity contribution < 1.29 is 13.2 Å². The van der Waals surface area contributed by atoms with Gasteiger partial charge in [0.1, 0.15) is 5.75 Å². The Balaban J connectivity index is 1.75. The lowest BCUT2D eigenvalue weighted by atomic mass is 10.2. The Morgan fingerprint density at radius 3 is 2.68 bits per heavy atom. The molecule has 1 aliphatic carbocycles. The number of hydrogen-bond acceptors (Lipinski definition) is 4. The third-order valence-electron chi connectivity index (χ3n) is 5.65. The minimum Gasteiger partial charge on any atom is -0.490 e. The molecular weight excluding hydrogens is 374 g/mol. The van der Waals surface area contributed by atoms with Gasteiger partial charge in [0.25, 0.3) is 0 Å². The van der Waals surface area contributed by atoms with Crippen molar-refractivity contribution in [2.45, 2.75) is 63.9 Å². The molecular formula is C21H33N3O3S. The highest BCUT2D eigenvalue weighted by atomic mass is 32.2. The lowest BCUT2D eigenvalue weighted by Crippen LogP contribution is -2.57. The number of ether oxygens (including phenoxy) is 1. The Labute approximate surface area is 169 Å². The molecule has 7 heteroatoms. The summed E-state index contributed by atoms with van der Waals surface area (Å²) in [7, 11) is -3.07. The summed E-state index contributed by atoms with van der Waals surface area (Å²) in [6, 6.07) is 8.09. The van der Waals surface area contributed by atoms with Gasteiger partial charge in [-0.2, -0.15) is 0 Å². The quantitative estimate of drug-likeness (QED) is 0.600. The van der Waals surface area contributed by atoms with E-state index in [-0.39, 0.29) is 5.75 Å². The van der Waals surface area contributed by atoms with Gasteiger partial charge in [-0.25, -0.2) is 13.4 Å². The van der Waals surface area contributed by atoms with E-state index in [9.17, 15) is 8.42 Å². The molecule has 2 fully saturated rings. The maximum atomic E-state index is 12.3. The fourth-order valence-electron chi connectivity index (χ4n) is 3.85. The summed E-state index contributed by atoms with van der Waals surface area (Å²) < 4.78 is 30.1. The van der Waals surface area contributed by atoms with Crippen molar-refractivity contribution in [2.75, 3.05) is 25.4 Å². The predicted molar refractivity (Wildman–Crippen MR) is 114 cm³/mol. The van der Waals surface area contributed by atoms with E-state index in [0.29, 0.717) is 25.7 Å². The molecule has 1 saturated heterocycles. The molecule has 1 heterocycles. The molecule has 1 aliphatic heterocycles. The Morgan fingerprint density at radius 2 is 2.00 bits per heavy atom. The van der Waals surface area contributed by atoms with E-state index in [1.165, 1.54) is 12.8 Å². The molecule has 1 aromatic rings. The van der Waals surface area contributed by atoms with Crippen molar-refractivity contribution in [1.82, 2.24) is 10.2 Å². The number of guanidine groups is 1. The summed E-state index contributed by atoms with van der Waals surface area (Å²) in [5.41, 5.74) is 1.06. The maximum absolute atomic E-state index is 12.3. The van der Waals surface area contributed by atoms with Gasteiger partial charge in [-0.15, -0.1) is 0 Å². The van der Waals surface area contributed by atoms with Crippen molar-refractivity contribution >= 4 is 15.8 Å². The zero-order chi connectivity index (χ0) is 20.2. The van der Waals surface area contributed by atoms with Crippen LogP contribution in [0.25, 0.3) is 0 Å². The van der Waals surface area contributed by atoms with Gasteiger partial charge in [0, 0.05) is 25.2 Å². The fourth-order valence-corrected chi connectivity index (χ4v) is 5.21. The zero-order valence-corrected chi connectivity index (χ0v) is 18.1. The number of nitrogens with zero attached hydrogens (tertiary/aromatic N) is 2. The van der Waals surface area contributed by atoms with Crippen LogP contribution in [0.15, 0.2) is 29.3 Å². The van der Waals surface area contributed by atoms with Crippen molar-refractivity contribution in [2.24, 2.45) is 4.99 Å². The number of sulfone groups is 1. The van der Waals surface area contributed by atoms with E-state index < -0.39 is 14.6 Å². The molecule has 0 radical (unpaired) electrons. The number of hydrogen-bond donors (Lipinski definition) is 1. The lowest BCUT2D eigenvalue weighted by Gasteiger charge is -2.39. The van der Waals surface area contributed by atoms with Crippen LogP contribution in [0.5, 0.6) is 5.75 Å². The topological polar surface area (TPSA) is 71.0 Å². The second-order valence-electron chi connectivity index (χ2n) is 8.30. The highest BCUT2D eigenvalue weighted by molar-refractivity contribution is 7.92. The van der Waals surface area contributed by atoms with E-state index in [0.717, 1.165) is 36.7 Å². The molecule has 0 unspecified atom stereocenters. The average Bonchev–Trinajstić information content (AvgIpc) is 3.15. The monoisotopic (exact) mass is 407 g/mol.